The summed E-state index contributed by atoms with van der Waals surface area (Å²) >= 11 is 12.1. The van der Waals surface area contributed by atoms with Gasteiger partial charge >= 0.3 is 0 Å². The van der Waals surface area contributed by atoms with Crippen LogP contribution in [0.3, 0.4) is 0 Å². The SMILES string of the molecule is CNc1cc(Oc2cc(Cl)ccc2Cl)nc(C(C)(C)C)n1. The number of halogens is 2. The molecule has 0 radical (unpaired) electrons. The Morgan fingerprint density at radius 2 is 1.81 bits per heavy atom. The lowest BCUT2D eigenvalue weighted by Crippen LogP contribution is -2.17. The molecule has 1 aromatic heterocycles. The van der Waals surface area contributed by atoms with Crippen LogP contribution in [0.25, 0.3) is 0 Å². The Morgan fingerprint density at radius 1 is 1.10 bits per heavy atom. The van der Waals surface area contributed by atoms with E-state index in [0.29, 0.717) is 33.3 Å². The predicted molar refractivity (Wildman–Crippen MR) is 86.8 cm³/mol. The van der Waals surface area contributed by atoms with E-state index in [1.165, 1.54) is 0 Å². The minimum atomic E-state index is -0.191. The van der Waals surface area contributed by atoms with Gasteiger partial charge in [-0.1, -0.05) is 44.0 Å². The minimum Gasteiger partial charge on any atom is -0.437 e. The van der Waals surface area contributed by atoms with Gasteiger partial charge in [0.1, 0.15) is 17.4 Å². The molecule has 0 unspecified atom stereocenters. The number of anilines is 1. The second-order valence-corrected chi connectivity index (χ2v) is 6.44. The molecule has 0 atom stereocenters. The molecular formula is C15H17Cl2N3O. The molecule has 21 heavy (non-hydrogen) atoms. The smallest absolute Gasteiger partial charge is 0.224 e. The molecule has 1 heterocycles. The van der Waals surface area contributed by atoms with Crippen molar-refractivity contribution in [1.29, 1.82) is 0 Å². The van der Waals surface area contributed by atoms with Crippen LogP contribution in [0.4, 0.5) is 5.82 Å². The Morgan fingerprint density at radius 3 is 2.43 bits per heavy atom. The van der Waals surface area contributed by atoms with Gasteiger partial charge in [0.15, 0.2) is 0 Å². The zero-order valence-corrected chi connectivity index (χ0v) is 13.9. The predicted octanol–water partition coefficient (Wildman–Crippen LogP) is 4.91. The summed E-state index contributed by atoms with van der Waals surface area (Å²) < 4.78 is 5.76. The Hall–Kier alpha value is -1.52. The zero-order valence-electron chi connectivity index (χ0n) is 12.4. The first-order valence-electron chi connectivity index (χ1n) is 6.50. The van der Waals surface area contributed by atoms with Crippen molar-refractivity contribution in [2.45, 2.75) is 26.2 Å². The largest absolute Gasteiger partial charge is 0.437 e. The fourth-order valence-corrected chi connectivity index (χ4v) is 1.93. The zero-order chi connectivity index (χ0) is 15.6. The monoisotopic (exact) mass is 325 g/mol. The van der Waals surface area contributed by atoms with Crippen molar-refractivity contribution < 1.29 is 4.74 Å². The Labute approximate surface area is 134 Å². The molecule has 0 spiro atoms. The Kier molecular flexibility index (Phi) is 4.59. The van der Waals surface area contributed by atoms with Crippen LogP contribution in [-0.2, 0) is 5.41 Å². The molecule has 0 aliphatic carbocycles. The summed E-state index contributed by atoms with van der Waals surface area (Å²) in [6.07, 6.45) is 0. The van der Waals surface area contributed by atoms with Crippen LogP contribution in [0.2, 0.25) is 10.0 Å². The highest BCUT2D eigenvalue weighted by Crippen LogP contribution is 2.32. The first-order chi connectivity index (χ1) is 9.79. The van der Waals surface area contributed by atoms with Crippen LogP contribution in [0.15, 0.2) is 24.3 Å². The normalized spacial score (nSPS) is 11.3. The summed E-state index contributed by atoms with van der Waals surface area (Å²) in [6.45, 7) is 6.12. The fourth-order valence-electron chi connectivity index (χ4n) is 1.61. The van der Waals surface area contributed by atoms with Crippen molar-refractivity contribution in [3.05, 3.63) is 40.1 Å². The lowest BCUT2D eigenvalue weighted by molar-refractivity contribution is 0.447. The number of hydrogen-bond donors (Lipinski definition) is 1. The molecule has 0 aliphatic heterocycles. The number of nitrogens with zero attached hydrogens (tertiary/aromatic N) is 2. The Bertz CT molecular complexity index is 654. The molecule has 4 nitrogen and oxygen atoms in total. The quantitative estimate of drug-likeness (QED) is 0.870. The van der Waals surface area contributed by atoms with Crippen LogP contribution in [0.1, 0.15) is 26.6 Å². The van der Waals surface area contributed by atoms with Gasteiger partial charge in [0.05, 0.1) is 5.02 Å². The van der Waals surface area contributed by atoms with Crippen molar-refractivity contribution in [1.82, 2.24) is 9.97 Å². The van der Waals surface area contributed by atoms with Crippen LogP contribution >= 0.6 is 23.2 Å². The number of ether oxygens (including phenoxy) is 1. The Balaban J connectivity index is 2.42. The fraction of sp³-hybridized carbons (Fsp3) is 0.333. The molecule has 0 bridgehead atoms. The molecular weight excluding hydrogens is 309 g/mol. The van der Waals surface area contributed by atoms with E-state index in [1.54, 1.807) is 31.3 Å². The maximum absolute atomic E-state index is 6.11. The van der Waals surface area contributed by atoms with Crippen molar-refractivity contribution in [2.24, 2.45) is 0 Å². The molecule has 0 saturated carbocycles. The number of hydrogen-bond acceptors (Lipinski definition) is 4. The number of rotatable bonds is 3. The van der Waals surface area contributed by atoms with Crippen LogP contribution in [0.5, 0.6) is 11.6 Å². The number of nitrogens with one attached hydrogen (secondary N) is 1. The molecule has 0 aliphatic rings. The molecule has 1 N–H and O–H groups in total. The summed E-state index contributed by atoms with van der Waals surface area (Å²) in [5.74, 6) is 2.25. The number of aromatic nitrogens is 2. The topological polar surface area (TPSA) is 47.0 Å². The maximum Gasteiger partial charge on any atom is 0.224 e. The van der Waals surface area contributed by atoms with Gasteiger partial charge in [0, 0.05) is 29.6 Å². The van der Waals surface area contributed by atoms with E-state index >= 15 is 0 Å². The molecule has 0 saturated heterocycles. The maximum atomic E-state index is 6.11. The molecule has 6 heteroatoms. The lowest BCUT2D eigenvalue weighted by Gasteiger charge is -2.18. The van der Waals surface area contributed by atoms with Crippen molar-refractivity contribution in [3.63, 3.8) is 0 Å². The molecule has 0 amide bonds. The number of benzene rings is 1. The standard InChI is InChI=1S/C15H17Cl2N3O/c1-15(2,3)14-19-12(18-4)8-13(20-14)21-11-7-9(16)5-6-10(11)17/h5-8H,1-4H3,(H,18,19,20). The van der Waals surface area contributed by atoms with E-state index < -0.39 is 0 Å². The molecule has 112 valence electrons. The third kappa shape index (κ3) is 3.99. The second kappa shape index (κ2) is 6.08. The van der Waals surface area contributed by atoms with Crippen molar-refractivity contribution in [3.8, 4) is 11.6 Å². The first-order valence-corrected chi connectivity index (χ1v) is 7.25. The van der Waals surface area contributed by atoms with E-state index in [4.69, 9.17) is 27.9 Å². The highest BCUT2D eigenvalue weighted by molar-refractivity contribution is 6.34. The van der Waals surface area contributed by atoms with E-state index in [9.17, 15) is 0 Å². The van der Waals surface area contributed by atoms with Gasteiger partial charge in [-0.05, 0) is 12.1 Å². The van der Waals surface area contributed by atoms with Gasteiger partial charge in [-0.2, -0.15) is 4.98 Å². The average Bonchev–Trinajstić information content (AvgIpc) is 2.41. The highest BCUT2D eigenvalue weighted by atomic mass is 35.5. The first kappa shape index (κ1) is 15.9. The third-order valence-electron chi connectivity index (χ3n) is 2.74. The molecule has 2 rings (SSSR count). The highest BCUT2D eigenvalue weighted by Gasteiger charge is 2.20. The molecule has 1 aromatic carbocycles. The van der Waals surface area contributed by atoms with Crippen molar-refractivity contribution >= 4 is 29.0 Å². The summed E-state index contributed by atoms with van der Waals surface area (Å²) in [7, 11) is 1.80. The average molecular weight is 326 g/mol. The van der Waals surface area contributed by atoms with E-state index in [0.717, 1.165) is 0 Å². The van der Waals surface area contributed by atoms with Gasteiger partial charge < -0.3 is 10.1 Å². The molecule has 0 fully saturated rings. The van der Waals surface area contributed by atoms with Crippen LogP contribution in [0, 0.1) is 0 Å². The second-order valence-electron chi connectivity index (χ2n) is 5.59. The van der Waals surface area contributed by atoms with Gasteiger partial charge in [-0.25, -0.2) is 4.98 Å². The summed E-state index contributed by atoms with van der Waals surface area (Å²) in [5.41, 5.74) is -0.191. The molecule has 2 aromatic rings. The van der Waals surface area contributed by atoms with Crippen LogP contribution in [-0.4, -0.2) is 17.0 Å². The lowest BCUT2D eigenvalue weighted by atomic mass is 9.96. The summed E-state index contributed by atoms with van der Waals surface area (Å²) in [6, 6.07) is 6.76. The van der Waals surface area contributed by atoms with Gasteiger partial charge in [0.2, 0.25) is 5.88 Å². The van der Waals surface area contributed by atoms with E-state index in [1.807, 2.05) is 20.8 Å². The third-order valence-corrected chi connectivity index (χ3v) is 3.28. The minimum absolute atomic E-state index is 0.191. The van der Waals surface area contributed by atoms with Crippen molar-refractivity contribution in [2.75, 3.05) is 12.4 Å². The van der Waals surface area contributed by atoms with Crippen LogP contribution < -0.4 is 10.1 Å². The van der Waals surface area contributed by atoms with Gasteiger partial charge in [0.25, 0.3) is 0 Å². The summed E-state index contributed by atoms with van der Waals surface area (Å²) in [5, 5.41) is 4.02. The summed E-state index contributed by atoms with van der Waals surface area (Å²) in [4.78, 5) is 8.89. The van der Waals surface area contributed by atoms with Gasteiger partial charge in [-0.3, -0.25) is 0 Å². The van der Waals surface area contributed by atoms with E-state index in [-0.39, 0.29) is 5.41 Å². The van der Waals surface area contributed by atoms with Gasteiger partial charge in [-0.15, -0.1) is 0 Å². The van der Waals surface area contributed by atoms with E-state index in [2.05, 4.69) is 15.3 Å².